The van der Waals surface area contributed by atoms with Crippen LogP contribution in [0.15, 0.2) is 47.3 Å². The van der Waals surface area contributed by atoms with Crippen LogP contribution in [-0.2, 0) is 19.5 Å². The molecule has 0 atom stereocenters. The van der Waals surface area contributed by atoms with Gasteiger partial charge in [0.25, 0.3) is 0 Å². The second kappa shape index (κ2) is 5.93. The first kappa shape index (κ1) is 14.1. The summed E-state index contributed by atoms with van der Waals surface area (Å²) in [6.45, 7) is 4.85. The predicted octanol–water partition coefficient (Wildman–Crippen LogP) is 3.00. The SMILES string of the molecule is Cc1ncccc1CN1CCc2nc(-c3ccco3)ncc2C1. The van der Waals surface area contributed by atoms with Crippen LogP contribution < -0.4 is 0 Å². The standard InChI is InChI=1S/C18H18N4O/c1-13-14(4-2-7-19-13)11-22-8-6-16-15(12-22)10-20-18(21-16)17-5-3-9-23-17/h2-5,7,9-10H,6,8,11-12H2,1H3. The number of rotatable bonds is 3. The number of hydrogen-bond acceptors (Lipinski definition) is 5. The van der Waals surface area contributed by atoms with Crippen LogP contribution in [0.2, 0.25) is 0 Å². The van der Waals surface area contributed by atoms with E-state index in [-0.39, 0.29) is 0 Å². The molecule has 5 nitrogen and oxygen atoms in total. The van der Waals surface area contributed by atoms with E-state index in [1.165, 1.54) is 11.1 Å². The van der Waals surface area contributed by atoms with E-state index in [4.69, 9.17) is 4.42 Å². The summed E-state index contributed by atoms with van der Waals surface area (Å²) in [4.78, 5) is 15.9. The molecule has 4 rings (SSSR count). The van der Waals surface area contributed by atoms with Gasteiger partial charge < -0.3 is 4.42 Å². The van der Waals surface area contributed by atoms with Crippen LogP contribution in [-0.4, -0.2) is 26.4 Å². The Morgan fingerprint density at radius 3 is 3.00 bits per heavy atom. The molecule has 0 N–H and O–H groups in total. The molecule has 0 fully saturated rings. The summed E-state index contributed by atoms with van der Waals surface area (Å²) in [5.74, 6) is 1.39. The van der Waals surface area contributed by atoms with Crippen molar-refractivity contribution in [3.05, 3.63) is 65.4 Å². The normalized spacial score (nSPS) is 14.7. The van der Waals surface area contributed by atoms with Crippen LogP contribution in [0.3, 0.4) is 0 Å². The fourth-order valence-corrected chi connectivity index (χ4v) is 2.96. The van der Waals surface area contributed by atoms with E-state index in [0.717, 1.165) is 43.2 Å². The molecule has 4 heterocycles. The molecular weight excluding hydrogens is 288 g/mol. The summed E-state index contributed by atoms with van der Waals surface area (Å²) in [5, 5.41) is 0. The van der Waals surface area contributed by atoms with Gasteiger partial charge in [-0.05, 0) is 30.7 Å². The number of aromatic nitrogens is 3. The minimum absolute atomic E-state index is 0.672. The minimum Gasteiger partial charge on any atom is -0.461 e. The van der Waals surface area contributed by atoms with Crippen molar-refractivity contribution in [2.45, 2.75) is 26.4 Å². The average molecular weight is 306 g/mol. The smallest absolute Gasteiger partial charge is 0.195 e. The van der Waals surface area contributed by atoms with Gasteiger partial charge in [0, 0.05) is 49.7 Å². The molecule has 0 bridgehead atoms. The molecule has 3 aromatic heterocycles. The van der Waals surface area contributed by atoms with Crippen molar-refractivity contribution in [1.29, 1.82) is 0 Å². The maximum absolute atomic E-state index is 5.38. The fourth-order valence-electron chi connectivity index (χ4n) is 2.96. The Kier molecular flexibility index (Phi) is 3.63. The molecule has 5 heteroatoms. The van der Waals surface area contributed by atoms with Gasteiger partial charge in [-0.25, -0.2) is 9.97 Å². The van der Waals surface area contributed by atoms with E-state index in [1.807, 2.05) is 30.6 Å². The third-order valence-electron chi connectivity index (χ3n) is 4.26. The van der Waals surface area contributed by atoms with Crippen molar-refractivity contribution in [3.63, 3.8) is 0 Å². The molecule has 0 amide bonds. The number of nitrogens with zero attached hydrogens (tertiary/aromatic N) is 4. The monoisotopic (exact) mass is 306 g/mol. The summed E-state index contributed by atoms with van der Waals surface area (Å²) >= 11 is 0. The minimum atomic E-state index is 0.672. The second-order valence-electron chi connectivity index (χ2n) is 5.85. The molecule has 23 heavy (non-hydrogen) atoms. The van der Waals surface area contributed by atoms with Crippen LogP contribution >= 0.6 is 0 Å². The van der Waals surface area contributed by atoms with Gasteiger partial charge in [0.2, 0.25) is 0 Å². The topological polar surface area (TPSA) is 55.1 Å². The zero-order valence-electron chi connectivity index (χ0n) is 13.1. The van der Waals surface area contributed by atoms with E-state index in [1.54, 1.807) is 6.26 Å². The van der Waals surface area contributed by atoms with Crippen molar-refractivity contribution in [2.24, 2.45) is 0 Å². The maximum atomic E-state index is 5.38. The molecule has 0 aromatic carbocycles. The Bertz CT molecular complexity index is 814. The number of pyridine rings is 1. The maximum Gasteiger partial charge on any atom is 0.195 e. The van der Waals surface area contributed by atoms with Gasteiger partial charge in [0.05, 0.1) is 12.0 Å². The Hall–Kier alpha value is -2.53. The molecule has 0 spiro atoms. The predicted molar refractivity (Wildman–Crippen MR) is 86.5 cm³/mol. The number of hydrogen-bond donors (Lipinski definition) is 0. The Morgan fingerprint density at radius 2 is 2.17 bits per heavy atom. The Balaban J connectivity index is 1.53. The van der Waals surface area contributed by atoms with Crippen LogP contribution in [0.25, 0.3) is 11.6 Å². The van der Waals surface area contributed by atoms with Crippen LogP contribution in [0.5, 0.6) is 0 Å². The van der Waals surface area contributed by atoms with Crippen molar-refractivity contribution in [2.75, 3.05) is 6.54 Å². The molecule has 3 aromatic rings. The summed E-state index contributed by atoms with van der Waals surface area (Å²) < 4.78 is 5.38. The molecule has 0 radical (unpaired) electrons. The third-order valence-corrected chi connectivity index (χ3v) is 4.26. The molecule has 116 valence electrons. The lowest BCUT2D eigenvalue weighted by molar-refractivity contribution is 0.242. The molecule has 0 saturated heterocycles. The van der Waals surface area contributed by atoms with E-state index in [2.05, 4.69) is 32.8 Å². The summed E-state index contributed by atoms with van der Waals surface area (Å²) in [5.41, 5.74) is 4.71. The Labute approximate surface area is 135 Å². The van der Waals surface area contributed by atoms with Crippen molar-refractivity contribution in [1.82, 2.24) is 19.9 Å². The quantitative estimate of drug-likeness (QED) is 0.744. The average Bonchev–Trinajstić information content (AvgIpc) is 3.11. The van der Waals surface area contributed by atoms with Crippen LogP contribution in [0, 0.1) is 6.92 Å². The lowest BCUT2D eigenvalue weighted by Crippen LogP contribution is -2.31. The lowest BCUT2D eigenvalue weighted by atomic mass is 10.1. The largest absolute Gasteiger partial charge is 0.461 e. The molecule has 1 aliphatic rings. The van der Waals surface area contributed by atoms with E-state index in [0.29, 0.717) is 5.82 Å². The first-order valence-corrected chi connectivity index (χ1v) is 7.81. The second-order valence-corrected chi connectivity index (χ2v) is 5.85. The summed E-state index contributed by atoms with van der Waals surface area (Å²) in [6.07, 6.45) is 6.36. The molecule has 1 aliphatic heterocycles. The highest BCUT2D eigenvalue weighted by Gasteiger charge is 2.19. The third kappa shape index (κ3) is 2.87. The molecular formula is C18H18N4O. The number of furan rings is 1. The lowest BCUT2D eigenvalue weighted by Gasteiger charge is -2.28. The molecule has 0 saturated carbocycles. The van der Waals surface area contributed by atoms with Gasteiger partial charge in [-0.15, -0.1) is 0 Å². The van der Waals surface area contributed by atoms with Crippen LogP contribution in [0.4, 0.5) is 0 Å². The van der Waals surface area contributed by atoms with Crippen molar-refractivity contribution >= 4 is 0 Å². The zero-order valence-corrected chi connectivity index (χ0v) is 13.1. The highest BCUT2D eigenvalue weighted by atomic mass is 16.3. The fraction of sp³-hybridized carbons (Fsp3) is 0.278. The van der Waals surface area contributed by atoms with Gasteiger partial charge in [0.1, 0.15) is 0 Å². The van der Waals surface area contributed by atoms with Crippen molar-refractivity contribution in [3.8, 4) is 11.6 Å². The van der Waals surface area contributed by atoms with Crippen LogP contribution in [0.1, 0.15) is 22.5 Å². The van der Waals surface area contributed by atoms with Gasteiger partial charge >= 0.3 is 0 Å². The van der Waals surface area contributed by atoms with E-state index >= 15 is 0 Å². The van der Waals surface area contributed by atoms with E-state index < -0.39 is 0 Å². The van der Waals surface area contributed by atoms with Gasteiger partial charge in [-0.1, -0.05) is 6.07 Å². The highest BCUT2D eigenvalue weighted by Crippen LogP contribution is 2.22. The molecule has 0 unspecified atom stereocenters. The van der Waals surface area contributed by atoms with Crippen molar-refractivity contribution < 1.29 is 4.42 Å². The number of fused-ring (bicyclic) bond motifs is 1. The molecule has 0 aliphatic carbocycles. The Morgan fingerprint density at radius 1 is 1.22 bits per heavy atom. The van der Waals surface area contributed by atoms with Gasteiger partial charge in [-0.2, -0.15) is 0 Å². The summed E-state index contributed by atoms with van der Waals surface area (Å²) in [7, 11) is 0. The van der Waals surface area contributed by atoms with Gasteiger partial charge in [-0.3, -0.25) is 9.88 Å². The highest BCUT2D eigenvalue weighted by molar-refractivity contribution is 5.46. The first-order valence-electron chi connectivity index (χ1n) is 7.81. The number of aryl methyl sites for hydroxylation is 1. The summed E-state index contributed by atoms with van der Waals surface area (Å²) in [6, 6.07) is 7.89. The van der Waals surface area contributed by atoms with Gasteiger partial charge in [0.15, 0.2) is 11.6 Å². The zero-order chi connectivity index (χ0) is 15.6. The first-order chi connectivity index (χ1) is 11.3. The van der Waals surface area contributed by atoms with E-state index in [9.17, 15) is 0 Å².